The predicted molar refractivity (Wildman–Crippen MR) is 118 cm³/mol. The van der Waals surface area contributed by atoms with Gasteiger partial charge in [0.05, 0.1) is 6.54 Å². The van der Waals surface area contributed by atoms with Crippen LogP contribution in [0.4, 0.5) is 8.78 Å². The maximum Gasteiger partial charge on any atom is 0.387 e. The van der Waals surface area contributed by atoms with E-state index >= 15 is 0 Å². The number of aliphatic imine (C=N–C) groups is 1. The van der Waals surface area contributed by atoms with Crippen LogP contribution in [-0.4, -0.2) is 56.4 Å². The first-order chi connectivity index (χ1) is 14.1. The molecule has 0 spiro atoms. The second-order valence-electron chi connectivity index (χ2n) is 6.65. The maximum atomic E-state index is 12.8. The average molecular weight is 540 g/mol. The van der Waals surface area contributed by atoms with Crippen LogP contribution >= 0.6 is 24.0 Å². The van der Waals surface area contributed by atoms with E-state index in [2.05, 4.69) is 20.4 Å². The van der Waals surface area contributed by atoms with Crippen LogP contribution < -0.4 is 24.8 Å². The smallest absolute Gasteiger partial charge is 0.387 e. The van der Waals surface area contributed by atoms with E-state index in [1.165, 1.54) is 6.07 Å². The summed E-state index contributed by atoms with van der Waals surface area (Å²) in [6.45, 7) is 1.97. The molecule has 168 valence electrons. The Bertz CT molecular complexity index is 751. The van der Waals surface area contributed by atoms with Crippen molar-refractivity contribution < 1.29 is 27.8 Å². The third kappa shape index (κ3) is 6.74. The first kappa shape index (κ1) is 24.2. The molecule has 1 saturated heterocycles. The Kier molecular flexibility index (Phi) is 9.66. The minimum absolute atomic E-state index is 0. The van der Waals surface area contributed by atoms with Crippen LogP contribution in [0.2, 0.25) is 0 Å². The number of rotatable bonds is 9. The summed E-state index contributed by atoms with van der Waals surface area (Å²) in [4.78, 5) is 18.0. The fraction of sp³-hybridized carbons (Fsp3) is 0.579. The van der Waals surface area contributed by atoms with Crippen LogP contribution in [0.3, 0.4) is 0 Å². The largest absolute Gasteiger partial charge is 0.454 e. The number of nitrogens with zero attached hydrogens (tertiary/aromatic N) is 2. The van der Waals surface area contributed by atoms with Crippen molar-refractivity contribution in [3.8, 4) is 17.2 Å². The Labute approximate surface area is 191 Å². The van der Waals surface area contributed by atoms with Gasteiger partial charge in [0.1, 0.15) is 5.75 Å². The van der Waals surface area contributed by atoms with Gasteiger partial charge in [0.25, 0.3) is 0 Å². The molecule has 0 saturated carbocycles. The summed E-state index contributed by atoms with van der Waals surface area (Å²) in [6, 6.07) is 3.00. The zero-order valence-corrected chi connectivity index (χ0v) is 19.1. The molecule has 1 fully saturated rings. The normalized spacial score (nSPS) is 15.4. The number of carbonyl (C=O) groups excluding carboxylic acids is 1. The molecule has 8 nitrogen and oxygen atoms in total. The number of benzene rings is 1. The standard InChI is InChI=1S/C19H26F2N4O4.HI/c1-2-22-19(23-6-4-8-25-7-3-5-17(25)26)24-11-13-9-15-16(28-12-27-15)10-14(13)29-18(20)21;/h9-10,18H,2-8,11-12H2,1H3,(H2,22,23,24);1H. The highest BCUT2D eigenvalue weighted by Gasteiger charge is 2.20. The van der Waals surface area contributed by atoms with Gasteiger partial charge in [-0.3, -0.25) is 4.79 Å². The van der Waals surface area contributed by atoms with Gasteiger partial charge in [-0.15, -0.1) is 24.0 Å². The molecule has 30 heavy (non-hydrogen) atoms. The van der Waals surface area contributed by atoms with Crippen molar-refractivity contribution >= 4 is 35.8 Å². The lowest BCUT2D eigenvalue weighted by Crippen LogP contribution is -2.39. The first-order valence-electron chi connectivity index (χ1n) is 9.74. The summed E-state index contributed by atoms with van der Waals surface area (Å²) >= 11 is 0. The third-order valence-corrected chi connectivity index (χ3v) is 4.59. The van der Waals surface area contributed by atoms with Gasteiger partial charge in [-0.25, -0.2) is 4.99 Å². The summed E-state index contributed by atoms with van der Waals surface area (Å²) < 4.78 is 40.6. The van der Waals surface area contributed by atoms with Crippen molar-refractivity contribution in [2.45, 2.75) is 39.3 Å². The van der Waals surface area contributed by atoms with Gasteiger partial charge >= 0.3 is 6.61 Å². The van der Waals surface area contributed by atoms with Crippen LogP contribution in [0, 0.1) is 0 Å². The van der Waals surface area contributed by atoms with E-state index in [1.807, 2.05) is 11.8 Å². The van der Waals surface area contributed by atoms with Crippen LogP contribution in [-0.2, 0) is 11.3 Å². The van der Waals surface area contributed by atoms with E-state index < -0.39 is 6.61 Å². The molecule has 0 bridgehead atoms. The van der Waals surface area contributed by atoms with E-state index in [9.17, 15) is 13.6 Å². The maximum absolute atomic E-state index is 12.8. The Morgan fingerprint density at radius 1 is 1.30 bits per heavy atom. The Morgan fingerprint density at radius 2 is 2.07 bits per heavy atom. The minimum atomic E-state index is -2.95. The molecule has 1 aromatic rings. The van der Waals surface area contributed by atoms with E-state index in [-0.39, 0.29) is 49.0 Å². The molecule has 0 radical (unpaired) electrons. The van der Waals surface area contributed by atoms with Crippen molar-refractivity contribution in [2.75, 3.05) is 33.0 Å². The molecule has 3 rings (SSSR count). The number of ether oxygens (including phenoxy) is 3. The molecule has 0 aliphatic carbocycles. The monoisotopic (exact) mass is 540 g/mol. The molecule has 1 amide bonds. The summed E-state index contributed by atoms with van der Waals surface area (Å²) in [7, 11) is 0. The molecule has 2 aliphatic rings. The molecule has 2 N–H and O–H groups in total. The molecule has 2 aliphatic heterocycles. The predicted octanol–water partition coefficient (Wildman–Crippen LogP) is 2.70. The number of hydrogen-bond acceptors (Lipinski definition) is 5. The van der Waals surface area contributed by atoms with Crippen LogP contribution in [0.25, 0.3) is 0 Å². The Hall–Kier alpha value is -2.05. The van der Waals surface area contributed by atoms with E-state index in [0.717, 1.165) is 19.4 Å². The average Bonchev–Trinajstić information content (AvgIpc) is 3.30. The van der Waals surface area contributed by atoms with Gasteiger partial charge in [0.15, 0.2) is 17.5 Å². The molecule has 1 aromatic carbocycles. The van der Waals surface area contributed by atoms with Gasteiger partial charge in [-0.2, -0.15) is 8.78 Å². The number of nitrogens with one attached hydrogen (secondary N) is 2. The van der Waals surface area contributed by atoms with E-state index in [4.69, 9.17) is 9.47 Å². The highest BCUT2D eigenvalue weighted by molar-refractivity contribution is 14.0. The molecule has 0 aromatic heterocycles. The molecule has 11 heteroatoms. The lowest BCUT2D eigenvalue weighted by atomic mass is 10.1. The van der Waals surface area contributed by atoms with Crippen LogP contribution in [0.15, 0.2) is 17.1 Å². The number of carbonyl (C=O) groups is 1. The number of hydrogen-bond donors (Lipinski definition) is 2. The number of alkyl halides is 2. The molecular weight excluding hydrogens is 513 g/mol. The van der Waals surface area contributed by atoms with E-state index in [0.29, 0.717) is 49.1 Å². The first-order valence-corrected chi connectivity index (χ1v) is 9.74. The molecule has 0 unspecified atom stereocenters. The topological polar surface area (TPSA) is 84.4 Å². The zero-order valence-electron chi connectivity index (χ0n) is 16.8. The van der Waals surface area contributed by atoms with Gasteiger partial charge in [0.2, 0.25) is 12.7 Å². The molecule has 0 atom stereocenters. The lowest BCUT2D eigenvalue weighted by molar-refractivity contribution is -0.127. The number of guanidine groups is 1. The summed E-state index contributed by atoms with van der Waals surface area (Å²) in [6.07, 6.45) is 2.35. The number of halogens is 3. The van der Waals surface area contributed by atoms with Gasteiger partial charge in [-0.1, -0.05) is 0 Å². The molecule has 2 heterocycles. The van der Waals surface area contributed by atoms with Crippen molar-refractivity contribution in [3.63, 3.8) is 0 Å². The number of amides is 1. The third-order valence-electron chi connectivity index (χ3n) is 4.59. The highest BCUT2D eigenvalue weighted by Crippen LogP contribution is 2.39. The Morgan fingerprint density at radius 3 is 2.73 bits per heavy atom. The lowest BCUT2D eigenvalue weighted by Gasteiger charge is -2.16. The van der Waals surface area contributed by atoms with Crippen molar-refractivity contribution in [3.05, 3.63) is 17.7 Å². The number of fused-ring (bicyclic) bond motifs is 1. The van der Waals surface area contributed by atoms with Crippen molar-refractivity contribution in [1.82, 2.24) is 15.5 Å². The van der Waals surface area contributed by atoms with Gasteiger partial charge in [0, 0.05) is 44.2 Å². The van der Waals surface area contributed by atoms with E-state index in [1.54, 1.807) is 6.07 Å². The highest BCUT2D eigenvalue weighted by atomic mass is 127. The van der Waals surface area contributed by atoms with Crippen LogP contribution in [0.5, 0.6) is 17.2 Å². The zero-order chi connectivity index (χ0) is 20.6. The van der Waals surface area contributed by atoms with Gasteiger partial charge in [-0.05, 0) is 25.8 Å². The van der Waals surface area contributed by atoms with Gasteiger partial charge < -0.3 is 29.7 Å². The summed E-state index contributed by atoms with van der Waals surface area (Å²) in [5, 5.41) is 6.31. The quantitative estimate of drug-likeness (QED) is 0.217. The summed E-state index contributed by atoms with van der Waals surface area (Å²) in [5.74, 6) is 1.62. The molecular formula is C19H27F2IN4O4. The van der Waals surface area contributed by atoms with Crippen molar-refractivity contribution in [2.24, 2.45) is 4.99 Å². The minimum Gasteiger partial charge on any atom is -0.454 e. The fourth-order valence-electron chi connectivity index (χ4n) is 3.22. The second kappa shape index (κ2) is 12.0. The van der Waals surface area contributed by atoms with Crippen molar-refractivity contribution in [1.29, 1.82) is 0 Å². The SMILES string of the molecule is CCNC(=NCc1cc2c(cc1OC(F)F)OCO2)NCCCN1CCCC1=O.I. The van der Waals surface area contributed by atoms with Crippen LogP contribution in [0.1, 0.15) is 31.7 Å². The summed E-state index contributed by atoms with van der Waals surface area (Å²) in [5.41, 5.74) is 0.467. The second-order valence-corrected chi connectivity index (χ2v) is 6.65. The number of likely N-dealkylation sites (tertiary alicyclic amines) is 1. The Balaban J connectivity index is 0.00000320. The fourth-order valence-corrected chi connectivity index (χ4v) is 3.22.